The fraction of sp³-hybridized carbons (Fsp3) is 0.429. The summed E-state index contributed by atoms with van der Waals surface area (Å²) >= 11 is 0. The van der Waals surface area contributed by atoms with Gasteiger partial charge in [0.2, 0.25) is 6.79 Å². The van der Waals surface area contributed by atoms with E-state index in [-0.39, 0.29) is 0 Å². The number of ether oxygens (including phenoxy) is 2. The van der Waals surface area contributed by atoms with E-state index in [1.54, 1.807) is 0 Å². The number of hydrogen-bond acceptors (Lipinski definition) is 3. The van der Waals surface area contributed by atoms with Gasteiger partial charge in [0, 0.05) is 0 Å². The van der Waals surface area contributed by atoms with Crippen LogP contribution in [0.5, 0.6) is 11.5 Å². The summed E-state index contributed by atoms with van der Waals surface area (Å²) in [5.74, 6) is 2.51. The predicted molar refractivity (Wildman–Crippen MR) is 76.6 cm³/mol. The number of fused-ring (bicyclic) bond motifs is 1. The molecule has 1 aromatic rings. The molecule has 2 heterocycles. The van der Waals surface area contributed by atoms with Crippen LogP contribution < -0.4 is 20.1 Å². The van der Waals surface area contributed by atoms with Crippen LogP contribution in [0.1, 0.15) is 18.4 Å². The summed E-state index contributed by atoms with van der Waals surface area (Å²) in [5.41, 5.74) is 0.982. The van der Waals surface area contributed by atoms with Crippen molar-refractivity contribution in [2.75, 3.05) is 26.9 Å². The highest BCUT2D eigenvalue weighted by molar-refractivity contribution is 5.81. The van der Waals surface area contributed by atoms with Crippen molar-refractivity contribution in [2.24, 2.45) is 5.10 Å². The molecule has 0 radical (unpaired) electrons. The van der Waals surface area contributed by atoms with Crippen LogP contribution >= 0.6 is 0 Å². The van der Waals surface area contributed by atoms with Crippen LogP contribution in [0.4, 0.5) is 0 Å². The van der Waals surface area contributed by atoms with Gasteiger partial charge in [-0.05, 0) is 36.6 Å². The Labute approximate surface area is 118 Å². The summed E-state index contributed by atoms with van der Waals surface area (Å²) in [4.78, 5) is 0. The van der Waals surface area contributed by atoms with Gasteiger partial charge in [0.25, 0.3) is 0 Å². The monoisotopic (exact) mass is 275 g/mol. The molecule has 0 aliphatic carbocycles. The van der Waals surface area contributed by atoms with Crippen LogP contribution in [-0.2, 0) is 0 Å². The number of benzene rings is 1. The summed E-state index contributed by atoms with van der Waals surface area (Å²) in [7, 11) is 1.92. The van der Waals surface area contributed by atoms with Crippen LogP contribution in [-0.4, -0.2) is 43.8 Å². The molecule has 2 N–H and O–H groups in total. The standard InChI is InChI=1S/C14H18N4O2/c1-18(14-15-6-2-3-7-16-14)17-9-11-4-5-12-13(8-11)20-10-19-12/h4-5,8-9H,2-3,6-7,10H2,1H3,(H,15,16)/p+1/b17-9+. The zero-order chi connectivity index (χ0) is 13.8. The van der Waals surface area contributed by atoms with E-state index in [4.69, 9.17) is 9.47 Å². The Balaban J connectivity index is 1.74. The second-order valence-electron chi connectivity index (χ2n) is 4.79. The number of nitrogens with one attached hydrogen (secondary N) is 2. The van der Waals surface area contributed by atoms with Crippen molar-refractivity contribution in [3.05, 3.63) is 23.8 Å². The van der Waals surface area contributed by atoms with E-state index in [1.165, 1.54) is 12.8 Å². The lowest BCUT2D eigenvalue weighted by molar-refractivity contribution is -0.506. The maximum absolute atomic E-state index is 5.35. The normalized spacial score (nSPS) is 17.6. The van der Waals surface area contributed by atoms with Crippen LogP contribution in [0, 0.1) is 0 Å². The van der Waals surface area contributed by atoms with Crippen LogP contribution in [0.3, 0.4) is 0 Å². The summed E-state index contributed by atoms with van der Waals surface area (Å²) in [6, 6.07) is 5.79. The molecule has 6 heteroatoms. The molecule has 0 bridgehead atoms. The van der Waals surface area contributed by atoms with Crippen molar-refractivity contribution in [1.82, 2.24) is 10.6 Å². The number of nitrogens with zero attached hydrogens (tertiary/aromatic N) is 2. The molecule has 0 saturated carbocycles. The lowest BCUT2D eigenvalue weighted by Gasteiger charge is -2.03. The van der Waals surface area contributed by atoms with Gasteiger partial charge in [-0.2, -0.15) is 0 Å². The molecule has 1 fully saturated rings. The minimum Gasteiger partial charge on any atom is -0.454 e. The van der Waals surface area contributed by atoms with E-state index in [0.29, 0.717) is 6.79 Å². The first kappa shape index (κ1) is 12.8. The maximum atomic E-state index is 5.35. The van der Waals surface area contributed by atoms with E-state index in [9.17, 15) is 0 Å². The molecule has 106 valence electrons. The topological polar surface area (TPSA) is 57.9 Å². The minimum atomic E-state index is 0.293. The van der Waals surface area contributed by atoms with E-state index < -0.39 is 0 Å². The van der Waals surface area contributed by atoms with Gasteiger partial charge in [0.15, 0.2) is 11.5 Å². The first-order valence-electron chi connectivity index (χ1n) is 6.85. The Hall–Kier alpha value is -2.24. The third-order valence-corrected chi connectivity index (χ3v) is 3.29. The van der Waals surface area contributed by atoms with E-state index in [0.717, 1.165) is 36.1 Å². The second-order valence-corrected chi connectivity index (χ2v) is 4.79. The van der Waals surface area contributed by atoms with E-state index in [1.807, 2.05) is 36.1 Å². The molecular formula is C14H19N4O2+. The first-order chi connectivity index (χ1) is 9.83. The van der Waals surface area contributed by atoms with Crippen LogP contribution in [0.25, 0.3) is 0 Å². The van der Waals surface area contributed by atoms with Gasteiger partial charge >= 0.3 is 5.96 Å². The maximum Gasteiger partial charge on any atom is 0.369 e. The van der Waals surface area contributed by atoms with Crippen molar-refractivity contribution in [3.8, 4) is 11.5 Å². The van der Waals surface area contributed by atoms with Crippen molar-refractivity contribution < 1.29 is 14.2 Å². The summed E-state index contributed by atoms with van der Waals surface area (Å²) in [5, 5.41) is 11.1. The van der Waals surface area contributed by atoms with Crippen LogP contribution in [0.15, 0.2) is 23.3 Å². The van der Waals surface area contributed by atoms with Gasteiger partial charge in [-0.1, -0.05) is 0 Å². The van der Waals surface area contributed by atoms with Gasteiger partial charge in [-0.3, -0.25) is 10.6 Å². The van der Waals surface area contributed by atoms with E-state index in [2.05, 4.69) is 15.7 Å². The largest absolute Gasteiger partial charge is 0.454 e. The average molecular weight is 275 g/mol. The third kappa shape index (κ3) is 2.84. The van der Waals surface area contributed by atoms with Crippen molar-refractivity contribution in [2.45, 2.75) is 12.8 Å². The smallest absolute Gasteiger partial charge is 0.369 e. The Kier molecular flexibility index (Phi) is 3.71. The van der Waals surface area contributed by atoms with Crippen LogP contribution in [0.2, 0.25) is 0 Å². The number of rotatable bonds is 2. The first-order valence-corrected chi connectivity index (χ1v) is 6.85. The van der Waals surface area contributed by atoms with Crippen molar-refractivity contribution in [3.63, 3.8) is 0 Å². The Morgan fingerprint density at radius 2 is 1.90 bits per heavy atom. The van der Waals surface area contributed by atoms with Gasteiger partial charge in [0.05, 0.1) is 26.4 Å². The summed E-state index contributed by atoms with van der Waals surface area (Å²) in [6.07, 6.45) is 4.16. The van der Waals surface area contributed by atoms with Gasteiger partial charge in [-0.25, -0.2) is 0 Å². The number of guanidine groups is 1. The quantitative estimate of drug-likeness (QED) is 0.474. The molecule has 0 atom stereocenters. The Morgan fingerprint density at radius 1 is 1.15 bits per heavy atom. The zero-order valence-electron chi connectivity index (χ0n) is 11.6. The molecule has 3 rings (SSSR count). The predicted octanol–water partition coefficient (Wildman–Crippen LogP) is 0.720. The molecule has 6 nitrogen and oxygen atoms in total. The van der Waals surface area contributed by atoms with Gasteiger partial charge in [-0.15, -0.1) is 9.79 Å². The summed E-state index contributed by atoms with van der Waals surface area (Å²) < 4.78 is 12.5. The average Bonchev–Trinajstić information content (AvgIpc) is 2.76. The highest BCUT2D eigenvalue weighted by Gasteiger charge is 2.13. The zero-order valence-corrected chi connectivity index (χ0v) is 11.6. The highest BCUT2D eigenvalue weighted by atomic mass is 16.7. The van der Waals surface area contributed by atoms with Crippen molar-refractivity contribution in [1.29, 1.82) is 0 Å². The highest BCUT2D eigenvalue weighted by Crippen LogP contribution is 2.31. The molecule has 1 aromatic carbocycles. The Morgan fingerprint density at radius 3 is 2.70 bits per heavy atom. The van der Waals surface area contributed by atoms with Crippen molar-refractivity contribution >= 4 is 12.2 Å². The molecule has 0 amide bonds. The molecule has 0 unspecified atom stereocenters. The van der Waals surface area contributed by atoms with Gasteiger partial charge < -0.3 is 9.47 Å². The minimum absolute atomic E-state index is 0.293. The molecule has 1 saturated heterocycles. The molecule has 20 heavy (non-hydrogen) atoms. The summed E-state index contributed by atoms with van der Waals surface area (Å²) in [6.45, 7) is 2.25. The Bertz CT molecular complexity index is 544. The third-order valence-electron chi connectivity index (χ3n) is 3.29. The number of hydrogen-bond donors (Lipinski definition) is 2. The SMILES string of the molecule is C[N+](/N=C/c1ccc2c(c1)OCO2)=C1NCCCCN1. The number of hydrazone groups is 1. The molecule has 2 aliphatic rings. The molecule has 2 aliphatic heterocycles. The van der Waals surface area contributed by atoms with Gasteiger partial charge in [0.1, 0.15) is 0 Å². The molecule has 0 aromatic heterocycles. The lowest BCUT2D eigenvalue weighted by atomic mass is 10.2. The lowest BCUT2D eigenvalue weighted by Crippen LogP contribution is -2.40. The van der Waals surface area contributed by atoms with E-state index >= 15 is 0 Å². The molecular weight excluding hydrogens is 256 g/mol. The fourth-order valence-corrected chi connectivity index (χ4v) is 2.16. The fourth-order valence-electron chi connectivity index (χ4n) is 2.16. The molecule has 0 spiro atoms. The second kappa shape index (κ2) is 5.81.